The van der Waals surface area contributed by atoms with Crippen molar-refractivity contribution in [3.05, 3.63) is 29.3 Å². The summed E-state index contributed by atoms with van der Waals surface area (Å²) >= 11 is 0. The third-order valence-electron chi connectivity index (χ3n) is 3.74. The number of aliphatic carboxylic acids is 1. The molecular weight excluding hydrogens is 287 g/mol. The smallest absolute Gasteiger partial charge is 0.416 e. The molecule has 0 aliphatic heterocycles. The molecule has 1 aliphatic rings. The molecule has 1 aromatic carbocycles. The van der Waals surface area contributed by atoms with Crippen molar-refractivity contribution in [2.45, 2.75) is 25.9 Å². The first kappa shape index (κ1) is 15.3. The predicted molar refractivity (Wildman–Crippen MR) is 68.7 cm³/mol. The van der Waals surface area contributed by atoms with Crippen LogP contribution in [0.15, 0.2) is 18.2 Å². The summed E-state index contributed by atoms with van der Waals surface area (Å²) in [6.07, 6.45) is -3.65. The van der Waals surface area contributed by atoms with E-state index >= 15 is 0 Å². The lowest BCUT2D eigenvalue weighted by atomic mass is 9.73. The second-order valence-corrected chi connectivity index (χ2v) is 5.15. The Morgan fingerprint density at radius 1 is 1.24 bits per heavy atom. The van der Waals surface area contributed by atoms with Crippen molar-refractivity contribution >= 4 is 17.6 Å². The summed E-state index contributed by atoms with van der Waals surface area (Å²) in [6.45, 7) is 1.33. The average molecular weight is 301 g/mol. The first-order valence-corrected chi connectivity index (χ1v) is 6.41. The Kier molecular flexibility index (Phi) is 3.93. The van der Waals surface area contributed by atoms with E-state index in [1.165, 1.54) is 19.1 Å². The number of hydrogen-bond acceptors (Lipinski definition) is 2. The van der Waals surface area contributed by atoms with Crippen LogP contribution >= 0.6 is 0 Å². The quantitative estimate of drug-likeness (QED) is 0.901. The van der Waals surface area contributed by atoms with Crippen LogP contribution in [0.5, 0.6) is 0 Å². The van der Waals surface area contributed by atoms with Crippen LogP contribution in [0.1, 0.15) is 24.0 Å². The van der Waals surface area contributed by atoms with Gasteiger partial charge in [-0.1, -0.05) is 6.07 Å². The van der Waals surface area contributed by atoms with Crippen LogP contribution in [-0.4, -0.2) is 17.0 Å². The lowest BCUT2D eigenvalue weighted by Gasteiger charge is -2.32. The van der Waals surface area contributed by atoms with Crippen LogP contribution in [-0.2, 0) is 15.8 Å². The minimum atomic E-state index is -4.50. The highest BCUT2D eigenvalue weighted by atomic mass is 19.4. The number of alkyl halides is 3. The van der Waals surface area contributed by atoms with Gasteiger partial charge in [0.1, 0.15) is 0 Å². The molecule has 7 heteroatoms. The van der Waals surface area contributed by atoms with Gasteiger partial charge >= 0.3 is 12.1 Å². The number of carbonyl (C=O) groups is 2. The molecule has 0 bridgehead atoms. The molecule has 1 amide bonds. The van der Waals surface area contributed by atoms with Gasteiger partial charge in [0.25, 0.3) is 0 Å². The lowest BCUT2D eigenvalue weighted by molar-refractivity contribution is -0.151. The van der Waals surface area contributed by atoms with E-state index < -0.39 is 35.5 Å². The van der Waals surface area contributed by atoms with E-state index in [0.717, 1.165) is 6.07 Å². The highest BCUT2D eigenvalue weighted by Crippen LogP contribution is 2.36. The molecule has 0 radical (unpaired) electrons. The van der Waals surface area contributed by atoms with E-state index in [2.05, 4.69) is 5.32 Å². The van der Waals surface area contributed by atoms with E-state index in [1.54, 1.807) is 0 Å². The maximum absolute atomic E-state index is 12.8. The van der Waals surface area contributed by atoms with Gasteiger partial charge in [0, 0.05) is 5.69 Å². The van der Waals surface area contributed by atoms with Gasteiger partial charge in [-0.05, 0) is 37.5 Å². The number of carboxylic acids is 1. The molecule has 4 nitrogen and oxygen atoms in total. The van der Waals surface area contributed by atoms with Crippen LogP contribution < -0.4 is 5.32 Å². The Hall–Kier alpha value is -2.05. The molecular formula is C14H14F3NO3. The van der Waals surface area contributed by atoms with Crippen LogP contribution in [0.25, 0.3) is 0 Å². The Bertz CT molecular complexity index is 583. The van der Waals surface area contributed by atoms with Gasteiger partial charge in [-0.25, -0.2) is 0 Å². The molecule has 114 valence electrons. The van der Waals surface area contributed by atoms with Gasteiger partial charge in [-0.3, -0.25) is 9.59 Å². The molecule has 1 aromatic rings. The van der Waals surface area contributed by atoms with E-state index in [0.29, 0.717) is 12.8 Å². The number of hydrogen-bond donors (Lipinski definition) is 2. The number of amides is 1. The van der Waals surface area contributed by atoms with Crippen molar-refractivity contribution in [2.75, 3.05) is 5.32 Å². The molecule has 2 rings (SSSR count). The summed E-state index contributed by atoms with van der Waals surface area (Å²) in [7, 11) is 0. The number of carboxylic acid groups (broad SMARTS) is 1. The van der Waals surface area contributed by atoms with Crippen molar-refractivity contribution in [3.8, 4) is 0 Å². The van der Waals surface area contributed by atoms with Gasteiger partial charge in [-0.15, -0.1) is 0 Å². The summed E-state index contributed by atoms with van der Waals surface area (Å²) in [5.74, 6) is -3.04. The third kappa shape index (κ3) is 3.17. The molecule has 1 saturated carbocycles. The predicted octanol–water partition coefficient (Wildman–Crippen LogP) is 3.06. The van der Waals surface area contributed by atoms with Crippen LogP contribution in [0.2, 0.25) is 0 Å². The standard InChI is InChI=1S/C14H14F3NO3/c1-7-2-3-8(6-11(7)14(15,16)17)18-12(19)9-4-5-10(9)13(20)21/h2-3,6,9-10H,4-5H2,1H3,(H,18,19)(H,20,21). The lowest BCUT2D eigenvalue weighted by Crippen LogP contribution is -2.41. The highest BCUT2D eigenvalue weighted by molar-refractivity contribution is 5.96. The number of halogens is 3. The topological polar surface area (TPSA) is 66.4 Å². The van der Waals surface area contributed by atoms with E-state index in [-0.39, 0.29) is 11.3 Å². The summed E-state index contributed by atoms with van der Waals surface area (Å²) in [6, 6.07) is 3.51. The average Bonchev–Trinajstić information content (AvgIpc) is 2.27. The van der Waals surface area contributed by atoms with Gasteiger partial charge in [0.15, 0.2) is 0 Å². The molecule has 1 fully saturated rings. The molecule has 21 heavy (non-hydrogen) atoms. The van der Waals surface area contributed by atoms with E-state index in [9.17, 15) is 22.8 Å². The van der Waals surface area contributed by atoms with Crippen LogP contribution in [0.4, 0.5) is 18.9 Å². The zero-order valence-electron chi connectivity index (χ0n) is 11.2. The molecule has 2 unspecified atom stereocenters. The molecule has 0 aromatic heterocycles. The molecule has 2 N–H and O–H groups in total. The number of benzene rings is 1. The van der Waals surface area contributed by atoms with E-state index in [1.807, 2.05) is 0 Å². The number of anilines is 1. The summed E-state index contributed by atoms with van der Waals surface area (Å²) in [4.78, 5) is 22.8. The number of aryl methyl sites for hydroxylation is 1. The maximum Gasteiger partial charge on any atom is 0.416 e. The fraction of sp³-hybridized carbons (Fsp3) is 0.429. The Morgan fingerprint density at radius 2 is 1.86 bits per heavy atom. The SMILES string of the molecule is Cc1ccc(NC(=O)C2CCC2C(=O)O)cc1C(F)(F)F. The number of nitrogens with one attached hydrogen (secondary N) is 1. The van der Waals surface area contributed by atoms with E-state index in [4.69, 9.17) is 5.11 Å². The fourth-order valence-electron chi connectivity index (χ4n) is 2.35. The summed E-state index contributed by atoms with van der Waals surface area (Å²) in [5, 5.41) is 11.2. The Labute approximate surface area is 119 Å². The first-order chi connectivity index (χ1) is 9.70. The van der Waals surface area contributed by atoms with Gasteiger partial charge in [-0.2, -0.15) is 13.2 Å². The summed E-state index contributed by atoms with van der Waals surface area (Å²) < 4.78 is 38.3. The molecule has 2 atom stereocenters. The monoisotopic (exact) mass is 301 g/mol. The van der Waals surface area contributed by atoms with Crippen molar-refractivity contribution in [1.82, 2.24) is 0 Å². The second-order valence-electron chi connectivity index (χ2n) is 5.15. The van der Waals surface area contributed by atoms with Crippen LogP contribution in [0.3, 0.4) is 0 Å². The minimum absolute atomic E-state index is 0.0222. The third-order valence-corrected chi connectivity index (χ3v) is 3.74. The van der Waals surface area contributed by atoms with Crippen molar-refractivity contribution in [2.24, 2.45) is 11.8 Å². The zero-order valence-corrected chi connectivity index (χ0v) is 11.2. The molecule has 0 heterocycles. The Morgan fingerprint density at radius 3 is 2.33 bits per heavy atom. The highest BCUT2D eigenvalue weighted by Gasteiger charge is 2.41. The first-order valence-electron chi connectivity index (χ1n) is 6.41. The van der Waals surface area contributed by atoms with Crippen molar-refractivity contribution in [1.29, 1.82) is 0 Å². The van der Waals surface area contributed by atoms with Gasteiger partial charge in [0.2, 0.25) is 5.91 Å². The second kappa shape index (κ2) is 5.38. The van der Waals surface area contributed by atoms with Crippen molar-refractivity contribution in [3.63, 3.8) is 0 Å². The zero-order chi connectivity index (χ0) is 15.8. The number of rotatable bonds is 3. The normalized spacial score (nSPS) is 21.5. The maximum atomic E-state index is 12.8. The van der Waals surface area contributed by atoms with Crippen LogP contribution in [0, 0.1) is 18.8 Å². The largest absolute Gasteiger partial charge is 0.481 e. The molecule has 1 aliphatic carbocycles. The fourth-order valence-corrected chi connectivity index (χ4v) is 2.35. The summed E-state index contributed by atoms with van der Waals surface area (Å²) in [5.41, 5.74) is -0.731. The number of carbonyl (C=O) groups excluding carboxylic acids is 1. The Balaban J connectivity index is 2.14. The van der Waals surface area contributed by atoms with Gasteiger partial charge in [0.05, 0.1) is 17.4 Å². The molecule has 0 saturated heterocycles. The van der Waals surface area contributed by atoms with Gasteiger partial charge < -0.3 is 10.4 Å². The van der Waals surface area contributed by atoms with Crippen molar-refractivity contribution < 1.29 is 27.9 Å². The molecule has 0 spiro atoms. The minimum Gasteiger partial charge on any atom is -0.481 e.